The zero-order valence-electron chi connectivity index (χ0n) is 27.0. The number of benzene rings is 6. The van der Waals surface area contributed by atoms with Crippen LogP contribution in [0.4, 0.5) is 0 Å². The highest BCUT2D eigenvalue weighted by atomic mass is 15.0. The molecule has 0 saturated carbocycles. The lowest BCUT2D eigenvalue weighted by molar-refractivity contribution is 1.08. The minimum Gasteiger partial charge on any atom is -0.309 e. The van der Waals surface area contributed by atoms with Gasteiger partial charge >= 0.3 is 0 Å². The predicted octanol–water partition coefficient (Wildman–Crippen LogP) is 11.1. The summed E-state index contributed by atoms with van der Waals surface area (Å²) in [7, 11) is 0. The minimum atomic E-state index is 0.691. The molecule has 50 heavy (non-hydrogen) atoms. The molecule has 0 amide bonds. The largest absolute Gasteiger partial charge is 0.309 e. The van der Waals surface area contributed by atoms with Crippen molar-refractivity contribution in [3.63, 3.8) is 0 Å². The number of para-hydroxylation sites is 2. The van der Waals surface area contributed by atoms with Crippen LogP contribution < -0.4 is 0 Å². The van der Waals surface area contributed by atoms with E-state index in [1.54, 1.807) is 0 Å². The van der Waals surface area contributed by atoms with Crippen LogP contribution >= 0.6 is 0 Å². The molecule has 5 nitrogen and oxygen atoms in total. The maximum Gasteiger partial charge on any atom is 0.159 e. The first kappa shape index (κ1) is 28.2. The van der Waals surface area contributed by atoms with Crippen LogP contribution in [-0.4, -0.2) is 24.1 Å². The second kappa shape index (κ2) is 11.4. The molecule has 0 aliphatic rings. The summed E-state index contributed by atoms with van der Waals surface area (Å²) in [4.78, 5) is 15.0. The van der Waals surface area contributed by atoms with Crippen molar-refractivity contribution in [3.8, 4) is 45.1 Å². The Bertz CT molecular complexity index is 2850. The third-order valence-electron chi connectivity index (χ3n) is 9.63. The van der Waals surface area contributed by atoms with E-state index in [9.17, 15) is 0 Å². The lowest BCUT2D eigenvalue weighted by Gasteiger charge is -2.14. The van der Waals surface area contributed by atoms with Gasteiger partial charge in [-0.3, -0.25) is 4.98 Å². The molecule has 0 fully saturated rings. The van der Waals surface area contributed by atoms with Gasteiger partial charge in [-0.25, -0.2) is 9.97 Å². The molecule has 0 saturated heterocycles. The molecule has 5 heteroatoms. The normalized spacial score (nSPS) is 11.6. The van der Waals surface area contributed by atoms with Crippen LogP contribution in [0.5, 0.6) is 0 Å². The van der Waals surface area contributed by atoms with Gasteiger partial charge in [0, 0.05) is 39.2 Å². The second-order valence-electron chi connectivity index (χ2n) is 12.5. The van der Waals surface area contributed by atoms with E-state index in [2.05, 4.69) is 143 Å². The number of hydrogen-bond donors (Lipinski definition) is 0. The SMILES string of the molecule is c1ccc(-c2ncc(-n3c4cc(-c5ccc6c(c5)c5ccccc5n6-c5ccccc5)ccc4c4ncccc43)c(-c3ccccc3)n2)cc1. The minimum absolute atomic E-state index is 0.691. The first-order chi connectivity index (χ1) is 24.8. The van der Waals surface area contributed by atoms with Gasteiger partial charge < -0.3 is 9.13 Å². The average molecular weight is 640 g/mol. The Morgan fingerprint density at radius 1 is 0.400 bits per heavy atom. The molecule has 0 bridgehead atoms. The molecule has 0 spiro atoms. The number of aromatic nitrogens is 5. The summed E-state index contributed by atoms with van der Waals surface area (Å²) in [6.07, 6.45) is 3.82. The smallest absolute Gasteiger partial charge is 0.159 e. The molecule has 0 aliphatic heterocycles. The summed E-state index contributed by atoms with van der Waals surface area (Å²) in [6, 6.07) is 57.4. The zero-order chi connectivity index (χ0) is 33.0. The van der Waals surface area contributed by atoms with Crippen LogP contribution in [0.25, 0.3) is 88.9 Å². The Labute approximate surface area is 288 Å². The standard InChI is InChI=1S/C45H29N5/c1-4-13-30(14-5-1)43-42(29-47-45(48-43)31-15-6-2-7-16-31)50-40-21-12-26-46-44(40)36-24-22-33(28-41(36)50)32-23-25-39-37(27-32)35-19-10-11-20-38(35)49(39)34-17-8-3-9-18-34/h1-29H. The molecular formula is C45H29N5. The molecule has 0 unspecified atom stereocenters. The third-order valence-corrected chi connectivity index (χ3v) is 9.63. The lowest BCUT2D eigenvalue weighted by Crippen LogP contribution is -2.02. The monoisotopic (exact) mass is 639 g/mol. The molecular weight excluding hydrogens is 611 g/mol. The summed E-state index contributed by atoms with van der Waals surface area (Å²) >= 11 is 0. The van der Waals surface area contributed by atoms with Crippen molar-refractivity contribution in [1.29, 1.82) is 0 Å². The van der Waals surface area contributed by atoms with E-state index in [1.165, 1.54) is 21.8 Å². The fraction of sp³-hybridized carbons (Fsp3) is 0. The molecule has 10 aromatic rings. The predicted molar refractivity (Wildman–Crippen MR) is 205 cm³/mol. The molecule has 0 radical (unpaired) electrons. The van der Waals surface area contributed by atoms with Gasteiger partial charge in [-0.05, 0) is 65.7 Å². The molecule has 0 aliphatic carbocycles. The van der Waals surface area contributed by atoms with Crippen molar-refractivity contribution in [1.82, 2.24) is 24.1 Å². The molecule has 0 N–H and O–H groups in total. The summed E-state index contributed by atoms with van der Waals surface area (Å²) in [5.74, 6) is 0.691. The van der Waals surface area contributed by atoms with E-state index in [0.717, 1.165) is 61.3 Å². The van der Waals surface area contributed by atoms with Crippen LogP contribution in [0.3, 0.4) is 0 Å². The Morgan fingerprint density at radius 3 is 1.88 bits per heavy atom. The van der Waals surface area contributed by atoms with Crippen LogP contribution in [0.15, 0.2) is 176 Å². The average Bonchev–Trinajstić information content (AvgIpc) is 3.71. The Morgan fingerprint density at radius 2 is 1.06 bits per heavy atom. The number of hydrogen-bond acceptors (Lipinski definition) is 3. The van der Waals surface area contributed by atoms with Gasteiger partial charge in [0.25, 0.3) is 0 Å². The van der Waals surface area contributed by atoms with E-state index in [4.69, 9.17) is 15.0 Å². The highest BCUT2D eigenvalue weighted by Crippen LogP contribution is 2.39. The van der Waals surface area contributed by atoms with Gasteiger partial charge in [0.2, 0.25) is 0 Å². The molecule has 4 aromatic heterocycles. The van der Waals surface area contributed by atoms with E-state index in [0.29, 0.717) is 5.82 Å². The van der Waals surface area contributed by atoms with Crippen LogP contribution in [0.1, 0.15) is 0 Å². The quantitative estimate of drug-likeness (QED) is 0.188. The van der Waals surface area contributed by atoms with Crippen molar-refractivity contribution < 1.29 is 0 Å². The van der Waals surface area contributed by atoms with Crippen molar-refractivity contribution in [2.45, 2.75) is 0 Å². The highest BCUT2D eigenvalue weighted by molar-refractivity contribution is 6.11. The highest BCUT2D eigenvalue weighted by Gasteiger charge is 2.20. The van der Waals surface area contributed by atoms with Crippen molar-refractivity contribution in [3.05, 3.63) is 176 Å². The van der Waals surface area contributed by atoms with Gasteiger partial charge in [-0.1, -0.05) is 109 Å². The lowest BCUT2D eigenvalue weighted by atomic mass is 10.0. The van der Waals surface area contributed by atoms with Crippen LogP contribution in [0.2, 0.25) is 0 Å². The Kier molecular flexibility index (Phi) is 6.42. The first-order valence-electron chi connectivity index (χ1n) is 16.8. The van der Waals surface area contributed by atoms with Crippen molar-refractivity contribution >= 4 is 43.7 Å². The summed E-state index contributed by atoms with van der Waals surface area (Å²) in [5, 5.41) is 3.54. The van der Waals surface area contributed by atoms with E-state index >= 15 is 0 Å². The number of rotatable bonds is 5. The first-order valence-corrected chi connectivity index (χ1v) is 16.8. The molecule has 0 atom stereocenters. The number of fused-ring (bicyclic) bond motifs is 6. The maximum absolute atomic E-state index is 5.20. The van der Waals surface area contributed by atoms with Crippen molar-refractivity contribution in [2.75, 3.05) is 0 Å². The second-order valence-corrected chi connectivity index (χ2v) is 12.5. The Hall–Kier alpha value is -6.85. The summed E-state index contributed by atoms with van der Waals surface area (Å²) < 4.78 is 4.63. The molecule has 10 rings (SSSR count). The van der Waals surface area contributed by atoms with Gasteiger partial charge in [-0.2, -0.15) is 0 Å². The summed E-state index contributed by atoms with van der Waals surface area (Å²) in [5.41, 5.74) is 12.6. The molecule has 234 valence electrons. The van der Waals surface area contributed by atoms with Gasteiger partial charge in [0.05, 0.1) is 45.2 Å². The molecule has 4 heterocycles. The van der Waals surface area contributed by atoms with Crippen molar-refractivity contribution in [2.24, 2.45) is 0 Å². The van der Waals surface area contributed by atoms with E-state index in [1.807, 2.05) is 42.7 Å². The number of nitrogens with zero attached hydrogens (tertiary/aromatic N) is 5. The zero-order valence-corrected chi connectivity index (χ0v) is 27.0. The summed E-state index contributed by atoms with van der Waals surface area (Å²) in [6.45, 7) is 0. The Balaban J connectivity index is 1.21. The fourth-order valence-corrected chi connectivity index (χ4v) is 7.35. The topological polar surface area (TPSA) is 48.5 Å². The van der Waals surface area contributed by atoms with E-state index in [-0.39, 0.29) is 0 Å². The van der Waals surface area contributed by atoms with E-state index < -0.39 is 0 Å². The fourth-order valence-electron chi connectivity index (χ4n) is 7.35. The van der Waals surface area contributed by atoms with Crippen LogP contribution in [0, 0.1) is 0 Å². The van der Waals surface area contributed by atoms with Gasteiger partial charge in [-0.15, -0.1) is 0 Å². The number of pyridine rings is 1. The third kappa shape index (κ3) is 4.45. The van der Waals surface area contributed by atoms with Crippen LogP contribution in [-0.2, 0) is 0 Å². The maximum atomic E-state index is 5.20. The molecule has 6 aromatic carbocycles. The van der Waals surface area contributed by atoms with Gasteiger partial charge in [0.1, 0.15) is 0 Å². The van der Waals surface area contributed by atoms with Gasteiger partial charge in [0.15, 0.2) is 5.82 Å².